The fraction of sp³-hybridized carbons (Fsp3) is 0.750. The van der Waals surface area contributed by atoms with Crippen LogP contribution in [-0.2, 0) is 9.53 Å². The maximum Gasteiger partial charge on any atom is 0.323 e. The Morgan fingerprint density at radius 2 is 2.07 bits per heavy atom. The van der Waals surface area contributed by atoms with Gasteiger partial charge in [0.05, 0.1) is 6.10 Å². The van der Waals surface area contributed by atoms with Crippen LogP contribution in [0.4, 0.5) is 4.79 Å². The average Bonchev–Trinajstić information content (AvgIpc) is 2.12. The van der Waals surface area contributed by atoms with Crippen molar-refractivity contribution in [1.82, 2.24) is 10.6 Å². The number of ether oxygens (including phenoxy) is 1. The highest BCUT2D eigenvalue weighted by molar-refractivity contribution is 5.79. The molecule has 0 heterocycles. The minimum atomic E-state index is -1.07. The Balaban J connectivity index is 3.48. The van der Waals surface area contributed by atoms with Crippen LogP contribution in [0.25, 0.3) is 0 Å². The summed E-state index contributed by atoms with van der Waals surface area (Å²) in [5, 5.41) is 12.9. The molecule has 0 bridgehead atoms. The quantitative estimate of drug-likeness (QED) is 0.559. The van der Waals surface area contributed by atoms with Gasteiger partial charge in [-0.3, -0.25) is 4.79 Å². The lowest BCUT2D eigenvalue weighted by atomic mass is 10.4. The van der Waals surface area contributed by atoms with E-state index in [1.165, 1.54) is 0 Å². The number of hydrogen-bond acceptors (Lipinski definition) is 3. The Hall–Kier alpha value is -1.30. The predicted molar refractivity (Wildman–Crippen MR) is 50.1 cm³/mol. The van der Waals surface area contributed by atoms with E-state index in [0.717, 1.165) is 0 Å². The smallest absolute Gasteiger partial charge is 0.323 e. The first-order valence-corrected chi connectivity index (χ1v) is 4.41. The Labute approximate surface area is 82.6 Å². The van der Waals surface area contributed by atoms with E-state index in [4.69, 9.17) is 9.84 Å². The highest BCUT2D eigenvalue weighted by atomic mass is 16.5. The van der Waals surface area contributed by atoms with Crippen molar-refractivity contribution in [2.24, 2.45) is 0 Å². The van der Waals surface area contributed by atoms with Crippen molar-refractivity contribution in [2.75, 3.05) is 19.7 Å². The number of amides is 2. The van der Waals surface area contributed by atoms with Gasteiger partial charge in [0.2, 0.25) is 0 Å². The number of carbonyl (C=O) groups excluding carboxylic acids is 1. The standard InChI is InChI=1S/C8H16N2O4/c1-3-14-6(2)4-9-8(13)10-5-7(11)12/h6H,3-5H2,1-2H3,(H,11,12)(H2,9,10,13). The van der Waals surface area contributed by atoms with Gasteiger partial charge >= 0.3 is 12.0 Å². The molecule has 0 aliphatic heterocycles. The van der Waals surface area contributed by atoms with Gasteiger partial charge in [-0.05, 0) is 13.8 Å². The molecule has 0 aliphatic rings. The minimum absolute atomic E-state index is 0.0735. The van der Waals surface area contributed by atoms with Crippen molar-refractivity contribution in [3.05, 3.63) is 0 Å². The molecule has 0 aromatic heterocycles. The van der Waals surface area contributed by atoms with E-state index in [1.807, 2.05) is 13.8 Å². The van der Waals surface area contributed by atoms with Crippen molar-refractivity contribution < 1.29 is 19.4 Å². The van der Waals surface area contributed by atoms with Crippen molar-refractivity contribution in [3.63, 3.8) is 0 Å². The molecule has 0 radical (unpaired) electrons. The van der Waals surface area contributed by atoms with Gasteiger partial charge in [-0.1, -0.05) is 0 Å². The van der Waals surface area contributed by atoms with Crippen molar-refractivity contribution in [1.29, 1.82) is 0 Å². The summed E-state index contributed by atoms with van der Waals surface area (Å²) in [6, 6.07) is -0.501. The molecule has 0 aromatic rings. The Bertz CT molecular complexity index is 196. The lowest BCUT2D eigenvalue weighted by molar-refractivity contribution is -0.135. The zero-order valence-electron chi connectivity index (χ0n) is 8.37. The molecule has 14 heavy (non-hydrogen) atoms. The summed E-state index contributed by atoms with van der Waals surface area (Å²) in [5.41, 5.74) is 0. The van der Waals surface area contributed by atoms with Crippen molar-refractivity contribution in [2.45, 2.75) is 20.0 Å². The number of nitrogens with one attached hydrogen (secondary N) is 2. The van der Waals surface area contributed by atoms with Crippen LogP contribution in [-0.4, -0.2) is 42.9 Å². The SMILES string of the molecule is CCOC(C)CNC(=O)NCC(=O)O. The third-order valence-electron chi connectivity index (χ3n) is 1.40. The van der Waals surface area contributed by atoms with Crippen LogP contribution in [0.3, 0.4) is 0 Å². The number of carboxylic acids is 1. The van der Waals surface area contributed by atoms with Crippen LogP contribution in [0.1, 0.15) is 13.8 Å². The topological polar surface area (TPSA) is 87.7 Å². The fourth-order valence-electron chi connectivity index (χ4n) is 0.798. The van der Waals surface area contributed by atoms with E-state index in [-0.39, 0.29) is 12.6 Å². The molecule has 0 aliphatic carbocycles. The first-order valence-electron chi connectivity index (χ1n) is 4.41. The highest BCUT2D eigenvalue weighted by Crippen LogP contribution is 1.86. The van der Waals surface area contributed by atoms with E-state index in [2.05, 4.69) is 10.6 Å². The van der Waals surface area contributed by atoms with Crippen LogP contribution < -0.4 is 10.6 Å². The third-order valence-corrected chi connectivity index (χ3v) is 1.40. The molecule has 6 nitrogen and oxygen atoms in total. The van der Waals surface area contributed by atoms with Gasteiger partial charge in [-0.2, -0.15) is 0 Å². The van der Waals surface area contributed by atoms with E-state index in [9.17, 15) is 9.59 Å². The summed E-state index contributed by atoms with van der Waals surface area (Å²) in [4.78, 5) is 21.0. The number of rotatable bonds is 6. The molecule has 82 valence electrons. The molecule has 0 fully saturated rings. The number of aliphatic carboxylic acids is 1. The summed E-state index contributed by atoms with van der Waals surface area (Å²) in [5.74, 6) is -1.07. The number of urea groups is 1. The maximum absolute atomic E-state index is 10.9. The van der Waals surface area contributed by atoms with Gasteiger partial charge in [0.1, 0.15) is 6.54 Å². The molecule has 1 unspecified atom stereocenters. The van der Waals surface area contributed by atoms with Crippen LogP contribution in [0.2, 0.25) is 0 Å². The van der Waals surface area contributed by atoms with Gasteiger partial charge in [0, 0.05) is 13.2 Å². The van der Waals surface area contributed by atoms with Crippen LogP contribution in [0.15, 0.2) is 0 Å². The van der Waals surface area contributed by atoms with Crippen molar-refractivity contribution in [3.8, 4) is 0 Å². The fourth-order valence-corrected chi connectivity index (χ4v) is 0.798. The molecule has 3 N–H and O–H groups in total. The van der Waals surface area contributed by atoms with Crippen LogP contribution in [0, 0.1) is 0 Å². The second kappa shape index (κ2) is 7.14. The number of carboxylic acid groups (broad SMARTS) is 1. The third kappa shape index (κ3) is 7.35. The normalized spacial score (nSPS) is 11.9. The second-order valence-electron chi connectivity index (χ2n) is 2.72. The molecular weight excluding hydrogens is 188 g/mol. The first kappa shape index (κ1) is 12.7. The predicted octanol–water partition coefficient (Wildman–Crippen LogP) is -0.205. The van der Waals surface area contributed by atoms with E-state index < -0.39 is 12.0 Å². The zero-order chi connectivity index (χ0) is 11.0. The van der Waals surface area contributed by atoms with E-state index in [1.54, 1.807) is 0 Å². The monoisotopic (exact) mass is 204 g/mol. The molecular formula is C8H16N2O4. The van der Waals surface area contributed by atoms with Gasteiger partial charge in [0.15, 0.2) is 0 Å². The molecule has 6 heteroatoms. The Morgan fingerprint density at radius 3 is 2.57 bits per heavy atom. The average molecular weight is 204 g/mol. The minimum Gasteiger partial charge on any atom is -0.480 e. The zero-order valence-corrected chi connectivity index (χ0v) is 8.37. The van der Waals surface area contributed by atoms with Crippen LogP contribution in [0.5, 0.6) is 0 Å². The van der Waals surface area contributed by atoms with E-state index >= 15 is 0 Å². The molecule has 0 rings (SSSR count). The molecule has 1 atom stereocenters. The molecule has 0 saturated carbocycles. The van der Waals surface area contributed by atoms with E-state index in [0.29, 0.717) is 13.2 Å². The number of hydrogen-bond donors (Lipinski definition) is 3. The van der Waals surface area contributed by atoms with Gasteiger partial charge in [-0.15, -0.1) is 0 Å². The molecule has 0 spiro atoms. The van der Waals surface area contributed by atoms with Gasteiger partial charge in [0.25, 0.3) is 0 Å². The maximum atomic E-state index is 10.9. The summed E-state index contributed by atoms with van der Waals surface area (Å²) in [6.45, 7) is 4.25. The first-order chi connectivity index (χ1) is 6.56. The largest absolute Gasteiger partial charge is 0.480 e. The van der Waals surface area contributed by atoms with Gasteiger partial charge in [-0.25, -0.2) is 4.79 Å². The van der Waals surface area contributed by atoms with Gasteiger partial charge < -0.3 is 20.5 Å². The number of carbonyl (C=O) groups is 2. The summed E-state index contributed by atoms with van der Waals surface area (Å²) < 4.78 is 5.16. The molecule has 2 amide bonds. The molecule has 0 aromatic carbocycles. The lowest BCUT2D eigenvalue weighted by Crippen LogP contribution is -2.41. The second-order valence-corrected chi connectivity index (χ2v) is 2.72. The lowest BCUT2D eigenvalue weighted by Gasteiger charge is -2.12. The highest BCUT2D eigenvalue weighted by Gasteiger charge is 2.05. The van der Waals surface area contributed by atoms with Crippen molar-refractivity contribution >= 4 is 12.0 Å². The summed E-state index contributed by atoms with van der Waals surface area (Å²) in [6.07, 6.45) is -0.0735. The Kier molecular flexibility index (Phi) is 6.47. The summed E-state index contributed by atoms with van der Waals surface area (Å²) >= 11 is 0. The molecule has 0 saturated heterocycles. The Morgan fingerprint density at radius 1 is 1.43 bits per heavy atom. The summed E-state index contributed by atoms with van der Waals surface area (Å²) in [7, 11) is 0. The van der Waals surface area contributed by atoms with Crippen LogP contribution >= 0.6 is 0 Å².